The van der Waals surface area contributed by atoms with Crippen molar-refractivity contribution in [2.24, 2.45) is 0 Å². The predicted octanol–water partition coefficient (Wildman–Crippen LogP) is 2.05. The number of aromatic nitrogens is 1. The summed E-state index contributed by atoms with van der Waals surface area (Å²) >= 11 is 5.94. The minimum Gasteiger partial charge on any atom is -0.480 e. The van der Waals surface area contributed by atoms with Crippen LogP contribution in [0.15, 0.2) is 34.9 Å². The number of carbonyl (C=O) groups is 3. The molecule has 0 fully saturated rings. The fraction of sp³-hybridized carbons (Fsp3) is 0.294. The first kappa shape index (κ1) is 19.5. The lowest BCUT2D eigenvalue weighted by Crippen LogP contribution is -2.46. The molecule has 2 N–H and O–H groups in total. The van der Waals surface area contributed by atoms with Crippen LogP contribution >= 0.6 is 11.6 Å². The van der Waals surface area contributed by atoms with Crippen LogP contribution in [-0.2, 0) is 9.59 Å². The molecule has 8 nitrogen and oxygen atoms in total. The van der Waals surface area contributed by atoms with Gasteiger partial charge in [-0.3, -0.25) is 9.59 Å². The van der Waals surface area contributed by atoms with Crippen molar-refractivity contribution in [1.29, 1.82) is 0 Å². The van der Waals surface area contributed by atoms with Crippen LogP contribution in [0.25, 0.3) is 11.3 Å². The summed E-state index contributed by atoms with van der Waals surface area (Å²) in [5.41, 5.74) is 0.607. The number of carbonyl (C=O) groups excluding carboxylic acids is 2. The van der Waals surface area contributed by atoms with Crippen molar-refractivity contribution in [3.8, 4) is 11.3 Å². The molecule has 26 heavy (non-hydrogen) atoms. The maximum atomic E-state index is 12.7. The fourth-order valence-electron chi connectivity index (χ4n) is 2.26. The Labute approximate surface area is 154 Å². The molecule has 1 aromatic heterocycles. The zero-order valence-corrected chi connectivity index (χ0v) is 15.0. The van der Waals surface area contributed by atoms with E-state index in [1.165, 1.54) is 19.9 Å². The number of benzene rings is 1. The zero-order valence-electron chi connectivity index (χ0n) is 14.2. The molecular weight excluding hydrogens is 362 g/mol. The summed E-state index contributed by atoms with van der Waals surface area (Å²) in [6.45, 7) is 2.86. The number of carboxylic acid groups (broad SMARTS) is 1. The number of rotatable bonds is 7. The van der Waals surface area contributed by atoms with E-state index in [2.05, 4.69) is 10.5 Å². The molecule has 0 aliphatic rings. The van der Waals surface area contributed by atoms with Gasteiger partial charge in [0.05, 0.1) is 0 Å². The molecule has 1 aromatic carbocycles. The molecule has 138 valence electrons. The SMILES string of the molecule is CC(=O)NCCN(C(=O)c1cc(-c2cccc(Cl)c2)on1)C(C)C(=O)O. The summed E-state index contributed by atoms with van der Waals surface area (Å²) in [5.74, 6) is -1.72. The molecule has 1 unspecified atom stereocenters. The van der Waals surface area contributed by atoms with Crippen molar-refractivity contribution in [2.75, 3.05) is 13.1 Å². The highest BCUT2D eigenvalue weighted by Crippen LogP contribution is 2.24. The summed E-state index contributed by atoms with van der Waals surface area (Å²) in [6.07, 6.45) is 0. The minimum absolute atomic E-state index is 0.0191. The lowest BCUT2D eigenvalue weighted by atomic mass is 10.1. The third-order valence-corrected chi connectivity index (χ3v) is 3.89. The molecule has 0 saturated carbocycles. The Hall–Kier alpha value is -2.87. The Bertz CT molecular complexity index is 820. The largest absolute Gasteiger partial charge is 0.480 e. The van der Waals surface area contributed by atoms with Crippen molar-refractivity contribution in [3.63, 3.8) is 0 Å². The molecule has 2 aromatic rings. The molecule has 1 atom stereocenters. The molecule has 0 aliphatic carbocycles. The summed E-state index contributed by atoms with van der Waals surface area (Å²) < 4.78 is 5.19. The van der Waals surface area contributed by atoms with Gasteiger partial charge in [-0.15, -0.1) is 0 Å². The Morgan fingerprint density at radius 2 is 2.08 bits per heavy atom. The van der Waals surface area contributed by atoms with Crippen molar-refractivity contribution in [2.45, 2.75) is 19.9 Å². The lowest BCUT2D eigenvalue weighted by molar-refractivity contribution is -0.141. The standard InChI is InChI=1S/C17H18ClN3O5/c1-10(17(24)25)21(7-6-19-11(2)22)16(23)14-9-15(26-20-14)12-4-3-5-13(18)8-12/h3-5,8-10H,6-7H2,1-2H3,(H,19,22)(H,24,25). The van der Waals surface area contributed by atoms with Crippen molar-refractivity contribution < 1.29 is 24.0 Å². The predicted molar refractivity (Wildman–Crippen MR) is 93.8 cm³/mol. The maximum absolute atomic E-state index is 12.7. The first-order valence-electron chi connectivity index (χ1n) is 7.80. The number of amides is 2. The summed E-state index contributed by atoms with van der Waals surface area (Å²) in [7, 11) is 0. The number of carboxylic acids is 1. The number of aliphatic carboxylic acids is 1. The van der Waals surface area contributed by atoms with Gasteiger partial charge in [-0.25, -0.2) is 4.79 Å². The highest BCUT2D eigenvalue weighted by Gasteiger charge is 2.28. The zero-order chi connectivity index (χ0) is 19.3. The topological polar surface area (TPSA) is 113 Å². The van der Waals surface area contributed by atoms with Gasteiger partial charge in [0.25, 0.3) is 5.91 Å². The first-order chi connectivity index (χ1) is 12.3. The molecule has 0 bridgehead atoms. The van der Waals surface area contributed by atoms with Gasteiger partial charge in [-0.05, 0) is 19.1 Å². The van der Waals surface area contributed by atoms with Gasteiger partial charge in [0.2, 0.25) is 5.91 Å². The van der Waals surface area contributed by atoms with Crippen LogP contribution in [0.5, 0.6) is 0 Å². The van der Waals surface area contributed by atoms with Gasteiger partial charge >= 0.3 is 5.97 Å². The van der Waals surface area contributed by atoms with Crippen LogP contribution < -0.4 is 5.32 Å². The smallest absolute Gasteiger partial charge is 0.326 e. The Balaban J connectivity index is 2.22. The normalized spacial score (nSPS) is 11.7. The Kier molecular flexibility index (Phi) is 6.35. The number of hydrogen-bond acceptors (Lipinski definition) is 5. The monoisotopic (exact) mass is 379 g/mol. The van der Waals surface area contributed by atoms with E-state index >= 15 is 0 Å². The average molecular weight is 380 g/mol. The number of hydrogen-bond donors (Lipinski definition) is 2. The van der Waals surface area contributed by atoms with Gasteiger partial charge in [0, 0.05) is 36.7 Å². The van der Waals surface area contributed by atoms with Gasteiger partial charge in [0.1, 0.15) is 6.04 Å². The van der Waals surface area contributed by atoms with Crippen LogP contribution in [0.1, 0.15) is 24.3 Å². The lowest BCUT2D eigenvalue weighted by Gasteiger charge is -2.25. The number of nitrogens with zero attached hydrogens (tertiary/aromatic N) is 2. The van der Waals surface area contributed by atoms with Crippen molar-refractivity contribution >= 4 is 29.4 Å². The molecule has 9 heteroatoms. The highest BCUT2D eigenvalue weighted by atomic mass is 35.5. The summed E-state index contributed by atoms with van der Waals surface area (Å²) in [5, 5.41) is 16.0. The summed E-state index contributed by atoms with van der Waals surface area (Å²) in [4.78, 5) is 36.1. The Morgan fingerprint density at radius 1 is 1.35 bits per heavy atom. The van der Waals surface area contributed by atoms with Crippen molar-refractivity contribution in [3.05, 3.63) is 41.0 Å². The third kappa shape index (κ3) is 4.82. The van der Waals surface area contributed by atoms with E-state index in [9.17, 15) is 19.5 Å². The van der Waals surface area contributed by atoms with Gasteiger partial charge in [-0.1, -0.05) is 28.9 Å². The van der Waals surface area contributed by atoms with Crippen LogP contribution in [-0.4, -0.2) is 52.1 Å². The second-order valence-electron chi connectivity index (χ2n) is 5.58. The molecular formula is C17H18ClN3O5. The average Bonchev–Trinajstić information content (AvgIpc) is 3.07. The van der Waals surface area contributed by atoms with E-state index in [1.54, 1.807) is 24.3 Å². The molecule has 2 amide bonds. The second-order valence-corrected chi connectivity index (χ2v) is 6.02. The highest BCUT2D eigenvalue weighted by molar-refractivity contribution is 6.30. The van der Waals surface area contributed by atoms with E-state index in [-0.39, 0.29) is 24.7 Å². The molecule has 0 radical (unpaired) electrons. The maximum Gasteiger partial charge on any atom is 0.326 e. The second kappa shape index (κ2) is 8.48. The number of nitrogens with one attached hydrogen (secondary N) is 1. The van der Waals surface area contributed by atoms with E-state index < -0.39 is 17.9 Å². The van der Waals surface area contributed by atoms with E-state index in [4.69, 9.17) is 16.1 Å². The molecule has 0 saturated heterocycles. The van der Waals surface area contributed by atoms with E-state index in [1.807, 2.05) is 0 Å². The quantitative estimate of drug-likeness (QED) is 0.761. The summed E-state index contributed by atoms with van der Waals surface area (Å²) in [6, 6.07) is 7.16. The molecule has 1 heterocycles. The molecule has 2 rings (SSSR count). The van der Waals surface area contributed by atoms with E-state index in [0.717, 1.165) is 4.90 Å². The third-order valence-electron chi connectivity index (χ3n) is 3.65. The first-order valence-corrected chi connectivity index (χ1v) is 8.18. The molecule has 0 spiro atoms. The van der Waals surface area contributed by atoms with Gasteiger partial charge in [-0.2, -0.15) is 0 Å². The minimum atomic E-state index is -1.17. The van der Waals surface area contributed by atoms with Gasteiger partial charge < -0.3 is 19.8 Å². The van der Waals surface area contributed by atoms with Crippen LogP contribution in [0, 0.1) is 0 Å². The van der Waals surface area contributed by atoms with Crippen LogP contribution in [0.2, 0.25) is 5.02 Å². The van der Waals surface area contributed by atoms with E-state index in [0.29, 0.717) is 16.3 Å². The number of halogens is 1. The molecule has 0 aliphatic heterocycles. The van der Waals surface area contributed by atoms with Crippen LogP contribution in [0.3, 0.4) is 0 Å². The van der Waals surface area contributed by atoms with Gasteiger partial charge in [0.15, 0.2) is 11.5 Å². The van der Waals surface area contributed by atoms with Crippen LogP contribution in [0.4, 0.5) is 0 Å². The fourth-order valence-corrected chi connectivity index (χ4v) is 2.45. The van der Waals surface area contributed by atoms with Crippen molar-refractivity contribution in [1.82, 2.24) is 15.4 Å². The Morgan fingerprint density at radius 3 is 2.69 bits per heavy atom.